The van der Waals surface area contributed by atoms with Crippen LogP contribution in [0.25, 0.3) is 0 Å². The van der Waals surface area contributed by atoms with Gasteiger partial charge in [-0.2, -0.15) is 0 Å². The number of unbranched alkanes of at least 4 members (excludes halogenated alkanes) is 2. The minimum Gasteiger partial charge on any atom is -0.420 e. The molecule has 0 amide bonds. The van der Waals surface area contributed by atoms with Crippen LogP contribution in [-0.4, -0.2) is 58.7 Å². The highest BCUT2D eigenvalue weighted by Crippen LogP contribution is 2.24. The van der Waals surface area contributed by atoms with Crippen molar-refractivity contribution in [1.82, 2.24) is 0 Å². The predicted molar refractivity (Wildman–Crippen MR) is 109 cm³/mol. The lowest BCUT2D eigenvalue weighted by Crippen LogP contribution is -2.60. The third-order valence-electron chi connectivity index (χ3n) is 3.62. The molecule has 0 radical (unpaired) electrons. The van der Waals surface area contributed by atoms with Gasteiger partial charge in [0.25, 0.3) is 9.28 Å². The molecule has 1 saturated heterocycles. The van der Waals surface area contributed by atoms with E-state index in [1.54, 1.807) is 0 Å². The van der Waals surface area contributed by atoms with Gasteiger partial charge in [-0.25, -0.2) is 0 Å². The molecule has 0 N–H and O–H groups in total. The van der Waals surface area contributed by atoms with Gasteiger partial charge in [-0.3, -0.25) is 0 Å². The first-order valence-corrected chi connectivity index (χ1v) is 20.1. The summed E-state index contributed by atoms with van der Waals surface area (Å²) in [5, 5.41) is 0. The monoisotopic (exact) mass is 444 g/mol. The van der Waals surface area contributed by atoms with E-state index in [1.807, 2.05) is 32.7 Å². The normalized spacial score (nSPS) is 37.8. The van der Waals surface area contributed by atoms with Crippen LogP contribution in [0.15, 0.2) is 0 Å². The Morgan fingerprint density at radius 2 is 1.12 bits per heavy atom. The summed E-state index contributed by atoms with van der Waals surface area (Å²) in [6.07, 6.45) is 4.07. The van der Waals surface area contributed by atoms with Gasteiger partial charge in [0.2, 0.25) is 0 Å². The van der Waals surface area contributed by atoms with E-state index in [1.165, 1.54) is 0 Å². The van der Waals surface area contributed by atoms with Gasteiger partial charge >= 0.3 is 36.2 Å². The number of rotatable bonds is 8. The summed E-state index contributed by atoms with van der Waals surface area (Å²) in [6, 6.07) is 0. The molecule has 1 aliphatic heterocycles. The molecular weight excluding hydrogens is 409 g/mol. The molecule has 7 nitrogen and oxygen atoms in total. The SMILES string of the molecule is CCCCO[Si]1(C)O[SiH](C)O[SiH](C)O[SiH](C)O[Si](C)(OCCCC)O1. The van der Waals surface area contributed by atoms with E-state index in [4.69, 9.17) is 29.4 Å². The van der Waals surface area contributed by atoms with Crippen molar-refractivity contribution in [3.05, 3.63) is 0 Å². The smallest absolute Gasteiger partial charge is 0.420 e. The molecular formula is C13H36O7Si5. The van der Waals surface area contributed by atoms with Crippen LogP contribution in [0.2, 0.25) is 32.7 Å². The van der Waals surface area contributed by atoms with Crippen LogP contribution in [0.4, 0.5) is 0 Å². The summed E-state index contributed by atoms with van der Waals surface area (Å²) in [7, 11) is -11.3. The van der Waals surface area contributed by atoms with Gasteiger partial charge < -0.3 is 29.4 Å². The van der Waals surface area contributed by atoms with Crippen molar-refractivity contribution in [3.63, 3.8) is 0 Å². The molecule has 0 aromatic carbocycles. The second kappa shape index (κ2) is 11.6. The fraction of sp³-hybridized carbons (Fsp3) is 1.00. The molecule has 0 aromatic rings. The number of hydrogen-bond acceptors (Lipinski definition) is 7. The van der Waals surface area contributed by atoms with Crippen molar-refractivity contribution in [2.24, 2.45) is 0 Å². The molecule has 0 aliphatic carbocycles. The van der Waals surface area contributed by atoms with Crippen LogP contribution in [0, 0.1) is 0 Å². The van der Waals surface area contributed by atoms with Gasteiger partial charge in [-0.15, -0.1) is 0 Å². The van der Waals surface area contributed by atoms with Crippen molar-refractivity contribution in [2.75, 3.05) is 13.2 Å². The zero-order chi connectivity index (χ0) is 18.9. The highest BCUT2D eigenvalue weighted by Gasteiger charge is 2.50. The van der Waals surface area contributed by atoms with Crippen molar-refractivity contribution >= 4 is 45.5 Å². The third kappa shape index (κ3) is 9.52. The molecule has 4 atom stereocenters. The molecule has 0 saturated carbocycles. The van der Waals surface area contributed by atoms with Crippen LogP contribution in [0.5, 0.6) is 0 Å². The van der Waals surface area contributed by atoms with Crippen molar-refractivity contribution in [2.45, 2.75) is 72.3 Å². The summed E-state index contributed by atoms with van der Waals surface area (Å²) < 4.78 is 43.0. The van der Waals surface area contributed by atoms with Crippen LogP contribution < -0.4 is 0 Å². The van der Waals surface area contributed by atoms with Gasteiger partial charge in [0.15, 0.2) is 0 Å². The average molecular weight is 445 g/mol. The van der Waals surface area contributed by atoms with Crippen LogP contribution in [-0.2, 0) is 29.4 Å². The summed E-state index contributed by atoms with van der Waals surface area (Å²) >= 11 is 0. The lowest BCUT2D eigenvalue weighted by molar-refractivity contribution is 0.0919. The Hall–Kier alpha value is 0.804. The molecule has 0 bridgehead atoms. The average Bonchev–Trinajstić information content (AvgIpc) is 2.45. The highest BCUT2D eigenvalue weighted by molar-refractivity contribution is 6.81. The third-order valence-corrected chi connectivity index (χ3v) is 20.3. The van der Waals surface area contributed by atoms with Crippen molar-refractivity contribution in [3.8, 4) is 0 Å². The molecule has 0 spiro atoms. The summed E-state index contributed by atoms with van der Waals surface area (Å²) in [6.45, 7) is 15.4. The van der Waals surface area contributed by atoms with E-state index >= 15 is 0 Å². The summed E-state index contributed by atoms with van der Waals surface area (Å²) in [5.41, 5.74) is 0. The van der Waals surface area contributed by atoms with E-state index in [2.05, 4.69) is 13.8 Å². The molecule has 12 heteroatoms. The van der Waals surface area contributed by atoms with E-state index in [0.717, 1.165) is 25.7 Å². The zero-order valence-electron chi connectivity index (χ0n) is 16.8. The van der Waals surface area contributed by atoms with E-state index in [9.17, 15) is 0 Å². The zero-order valence-corrected chi connectivity index (χ0v) is 22.3. The Labute approximate surface area is 160 Å². The van der Waals surface area contributed by atoms with Crippen molar-refractivity contribution in [1.29, 1.82) is 0 Å². The molecule has 0 aromatic heterocycles. The highest BCUT2D eigenvalue weighted by atomic mass is 28.5. The minimum absolute atomic E-state index is 0.621. The number of hydrogen-bond donors (Lipinski definition) is 0. The van der Waals surface area contributed by atoms with E-state index < -0.39 is 45.5 Å². The quantitative estimate of drug-likeness (QED) is 0.421. The minimum atomic E-state index is -2.89. The fourth-order valence-corrected chi connectivity index (χ4v) is 20.0. The Morgan fingerprint density at radius 3 is 1.48 bits per heavy atom. The van der Waals surface area contributed by atoms with Crippen molar-refractivity contribution < 1.29 is 29.4 Å². The fourth-order valence-electron chi connectivity index (χ4n) is 2.55. The van der Waals surface area contributed by atoms with Gasteiger partial charge in [0, 0.05) is 26.3 Å². The molecule has 1 fully saturated rings. The Morgan fingerprint density at radius 1 is 0.720 bits per heavy atom. The van der Waals surface area contributed by atoms with Crippen LogP contribution in [0.3, 0.4) is 0 Å². The van der Waals surface area contributed by atoms with E-state index in [-0.39, 0.29) is 0 Å². The van der Waals surface area contributed by atoms with Gasteiger partial charge in [-0.1, -0.05) is 26.7 Å². The molecule has 25 heavy (non-hydrogen) atoms. The maximum Gasteiger partial charge on any atom is 0.481 e. The lowest BCUT2D eigenvalue weighted by Gasteiger charge is -2.39. The summed E-state index contributed by atoms with van der Waals surface area (Å²) in [5.74, 6) is 0. The van der Waals surface area contributed by atoms with Crippen LogP contribution in [0.1, 0.15) is 39.5 Å². The first-order valence-electron chi connectivity index (χ1n) is 9.36. The topological polar surface area (TPSA) is 64.6 Å². The maximum absolute atomic E-state index is 6.38. The summed E-state index contributed by atoms with van der Waals surface area (Å²) in [4.78, 5) is 0. The van der Waals surface area contributed by atoms with Gasteiger partial charge in [0.1, 0.15) is 0 Å². The predicted octanol–water partition coefficient (Wildman–Crippen LogP) is 2.40. The van der Waals surface area contributed by atoms with Gasteiger partial charge in [-0.05, 0) is 32.5 Å². The van der Waals surface area contributed by atoms with Crippen LogP contribution >= 0.6 is 0 Å². The Bertz CT molecular complexity index is 351. The second-order valence-corrected chi connectivity index (χ2v) is 18.8. The van der Waals surface area contributed by atoms with E-state index in [0.29, 0.717) is 13.2 Å². The maximum atomic E-state index is 6.38. The molecule has 1 aliphatic rings. The largest absolute Gasteiger partial charge is 0.481 e. The molecule has 150 valence electrons. The standard InChI is InChI=1S/C13H36O7Si5/c1-8-10-12-14-24(6)18-22(4)16-21(3)17-23(5)19-25(7,20-24)15-13-11-9-2/h21-23H,8-13H2,1-7H3. The first kappa shape index (κ1) is 23.8. The van der Waals surface area contributed by atoms with Gasteiger partial charge in [0.05, 0.1) is 0 Å². The molecule has 4 unspecified atom stereocenters. The second-order valence-electron chi connectivity index (χ2n) is 6.44. The first-order chi connectivity index (χ1) is 11.7. The molecule has 1 heterocycles. The Kier molecular flexibility index (Phi) is 11.1. The Balaban J connectivity index is 2.94. The molecule has 1 rings (SSSR count). The lowest BCUT2D eigenvalue weighted by atomic mass is 10.4.